The van der Waals surface area contributed by atoms with Crippen molar-refractivity contribution in [1.29, 1.82) is 0 Å². The minimum Gasteiger partial charge on any atom is -0.342 e. The molecule has 1 aromatic carbocycles. The number of nitrogens with zero attached hydrogens (tertiary/aromatic N) is 1. The number of hydrogen-bond acceptors (Lipinski definition) is 0. The van der Waals surface area contributed by atoms with Gasteiger partial charge in [-0.1, -0.05) is 31.3 Å². The van der Waals surface area contributed by atoms with Gasteiger partial charge in [0.1, 0.15) is 8.80 Å². The van der Waals surface area contributed by atoms with Crippen LogP contribution in [0.1, 0.15) is 20.8 Å². The lowest BCUT2D eigenvalue weighted by molar-refractivity contribution is 0.419. The molecule has 0 N–H and O–H groups in total. The summed E-state index contributed by atoms with van der Waals surface area (Å²) in [6.07, 6.45) is 0. The van der Waals surface area contributed by atoms with Crippen molar-refractivity contribution in [2.75, 3.05) is 0 Å². The third-order valence-corrected chi connectivity index (χ3v) is 5.55. The largest absolute Gasteiger partial charge is 0.342 e. The van der Waals surface area contributed by atoms with E-state index in [4.69, 9.17) is 0 Å². The summed E-state index contributed by atoms with van der Waals surface area (Å²) in [5.41, 5.74) is 1.47. The number of benzene rings is 1. The van der Waals surface area contributed by atoms with Crippen LogP contribution in [0.3, 0.4) is 0 Å². The summed E-state index contributed by atoms with van der Waals surface area (Å²) in [4.78, 5) is 0. The highest BCUT2D eigenvalue weighted by Crippen LogP contribution is 2.29. The smallest absolute Gasteiger partial charge is 0.103 e. The predicted molar refractivity (Wildman–Crippen MR) is 81.8 cm³/mol. The van der Waals surface area contributed by atoms with Crippen LogP contribution >= 0.6 is 15.9 Å². The molecule has 3 heteroatoms. The molecule has 1 nitrogen and oxygen atoms in total. The molecule has 1 heterocycles. The standard InChI is InChI=1S/C14H19BrNSi/c1-14(2,3)16-11-9-7-6-8-10(11)12(15)13(16)17(4)5/h6-9H,1-5H3. The van der Waals surface area contributed by atoms with Crippen LogP contribution in [0.5, 0.6) is 0 Å². The van der Waals surface area contributed by atoms with Gasteiger partial charge in [-0.3, -0.25) is 0 Å². The van der Waals surface area contributed by atoms with Crippen LogP contribution in [0.2, 0.25) is 13.1 Å². The van der Waals surface area contributed by atoms with Gasteiger partial charge >= 0.3 is 0 Å². The van der Waals surface area contributed by atoms with E-state index in [1.807, 2.05) is 0 Å². The minimum atomic E-state index is -0.499. The number of aromatic nitrogens is 1. The molecule has 0 aliphatic carbocycles. The minimum absolute atomic E-state index is 0.128. The van der Waals surface area contributed by atoms with Crippen LogP contribution in [0.25, 0.3) is 10.9 Å². The average Bonchev–Trinajstić information content (AvgIpc) is 2.52. The Kier molecular flexibility index (Phi) is 3.25. The normalized spacial score (nSPS) is 12.6. The molecule has 1 radical (unpaired) electrons. The van der Waals surface area contributed by atoms with Gasteiger partial charge in [0.15, 0.2) is 0 Å². The van der Waals surface area contributed by atoms with Crippen molar-refractivity contribution in [3.63, 3.8) is 0 Å². The summed E-state index contributed by atoms with van der Waals surface area (Å²) in [7, 11) is -0.499. The third-order valence-electron chi connectivity index (χ3n) is 2.96. The maximum Gasteiger partial charge on any atom is 0.103 e. The zero-order chi connectivity index (χ0) is 12.8. The second-order valence-corrected chi connectivity index (χ2v) is 8.95. The van der Waals surface area contributed by atoms with E-state index in [1.165, 1.54) is 20.7 Å². The van der Waals surface area contributed by atoms with Crippen LogP contribution in [0.4, 0.5) is 0 Å². The van der Waals surface area contributed by atoms with Gasteiger partial charge in [-0.05, 0) is 42.8 Å². The highest BCUT2D eigenvalue weighted by molar-refractivity contribution is 9.10. The van der Waals surface area contributed by atoms with E-state index >= 15 is 0 Å². The molecule has 2 rings (SSSR count). The molecule has 0 bridgehead atoms. The summed E-state index contributed by atoms with van der Waals surface area (Å²) in [6, 6.07) is 8.66. The van der Waals surface area contributed by atoms with Gasteiger partial charge in [0, 0.05) is 26.2 Å². The van der Waals surface area contributed by atoms with Crippen molar-refractivity contribution in [3.05, 3.63) is 28.7 Å². The highest BCUT2D eigenvalue weighted by atomic mass is 79.9. The van der Waals surface area contributed by atoms with Crippen LogP contribution < -0.4 is 5.32 Å². The molecule has 91 valence electrons. The molecule has 0 fully saturated rings. The summed E-state index contributed by atoms with van der Waals surface area (Å²) < 4.78 is 3.79. The monoisotopic (exact) mass is 308 g/mol. The Labute approximate surface area is 114 Å². The first-order chi connectivity index (χ1) is 7.84. The Bertz CT molecular complexity index is 549. The van der Waals surface area contributed by atoms with Crippen molar-refractivity contribution < 1.29 is 0 Å². The molecule has 17 heavy (non-hydrogen) atoms. The Morgan fingerprint density at radius 1 is 1.12 bits per heavy atom. The Morgan fingerprint density at radius 3 is 2.24 bits per heavy atom. The number of fused-ring (bicyclic) bond motifs is 1. The maximum absolute atomic E-state index is 3.80. The molecule has 0 aliphatic heterocycles. The fraction of sp³-hybridized carbons (Fsp3) is 0.429. The highest BCUT2D eigenvalue weighted by Gasteiger charge is 2.25. The van der Waals surface area contributed by atoms with E-state index in [-0.39, 0.29) is 5.54 Å². The zero-order valence-corrected chi connectivity index (χ0v) is 13.7. The number of rotatable bonds is 1. The van der Waals surface area contributed by atoms with Gasteiger partial charge in [-0.25, -0.2) is 0 Å². The molecule has 0 saturated heterocycles. The van der Waals surface area contributed by atoms with E-state index in [2.05, 4.69) is 78.6 Å². The van der Waals surface area contributed by atoms with E-state index in [1.54, 1.807) is 0 Å². The molecule has 0 spiro atoms. The molecule has 0 amide bonds. The van der Waals surface area contributed by atoms with Crippen molar-refractivity contribution in [3.8, 4) is 0 Å². The quantitative estimate of drug-likeness (QED) is 0.698. The fourth-order valence-electron chi connectivity index (χ4n) is 2.34. The van der Waals surface area contributed by atoms with Crippen molar-refractivity contribution in [2.45, 2.75) is 39.4 Å². The topological polar surface area (TPSA) is 4.93 Å². The van der Waals surface area contributed by atoms with Gasteiger partial charge in [-0.15, -0.1) is 0 Å². The Hall–Kier alpha value is -0.543. The van der Waals surface area contributed by atoms with Crippen LogP contribution in [0, 0.1) is 0 Å². The summed E-state index contributed by atoms with van der Waals surface area (Å²) in [6.45, 7) is 11.5. The SMILES string of the molecule is C[Si](C)c1c(Br)c2ccccc2n1C(C)(C)C. The van der Waals surface area contributed by atoms with Gasteiger partial charge in [-0.2, -0.15) is 0 Å². The van der Waals surface area contributed by atoms with Crippen molar-refractivity contribution >= 4 is 40.9 Å². The second-order valence-electron chi connectivity index (χ2n) is 5.69. The second kappa shape index (κ2) is 4.29. The lowest BCUT2D eigenvalue weighted by atomic mass is 10.1. The summed E-state index contributed by atoms with van der Waals surface area (Å²) >= 11 is 3.80. The molecule has 0 atom stereocenters. The predicted octanol–water partition coefficient (Wildman–Crippen LogP) is 4.12. The first-order valence-electron chi connectivity index (χ1n) is 5.94. The van der Waals surface area contributed by atoms with Crippen LogP contribution in [-0.2, 0) is 5.54 Å². The number of hydrogen-bond donors (Lipinski definition) is 0. The lowest BCUT2D eigenvalue weighted by Gasteiger charge is -2.27. The maximum atomic E-state index is 3.80. The Balaban J connectivity index is 2.91. The van der Waals surface area contributed by atoms with Crippen molar-refractivity contribution in [1.82, 2.24) is 4.57 Å². The Morgan fingerprint density at radius 2 is 1.71 bits per heavy atom. The number of halogens is 1. The van der Waals surface area contributed by atoms with Crippen molar-refractivity contribution in [2.24, 2.45) is 0 Å². The van der Waals surface area contributed by atoms with Gasteiger partial charge in [0.05, 0.1) is 0 Å². The third kappa shape index (κ3) is 2.11. The van der Waals surface area contributed by atoms with E-state index < -0.39 is 8.80 Å². The molecule has 2 aromatic rings. The van der Waals surface area contributed by atoms with E-state index in [0.717, 1.165) is 0 Å². The molecule has 0 unspecified atom stereocenters. The number of para-hydroxylation sites is 1. The molecular formula is C14H19BrNSi. The molecular weight excluding hydrogens is 290 g/mol. The fourth-order valence-corrected chi connectivity index (χ4v) is 5.52. The first-order valence-corrected chi connectivity index (χ1v) is 9.23. The van der Waals surface area contributed by atoms with E-state index in [0.29, 0.717) is 0 Å². The lowest BCUT2D eigenvalue weighted by Crippen LogP contribution is -2.39. The van der Waals surface area contributed by atoms with E-state index in [9.17, 15) is 0 Å². The zero-order valence-electron chi connectivity index (χ0n) is 11.1. The molecule has 1 aromatic heterocycles. The van der Waals surface area contributed by atoms with Crippen LogP contribution in [0.15, 0.2) is 28.7 Å². The summed E-state index contributed by atoms with van der Waals surface area (Å²) in [5.74, 6) is 0. The summed E-state index contributed by atoms with van der Waals surface area (Å²) in [5, 5.41) is 2.83. The average molecular weight is 309 g/mol. The van der Waals surface area contributed by atoms with Gasteiger partial charge < -0.3 is 4.57 Å². The van der Waals surface area contributed by atoms with Crippen LogP contribution in [-0.4, -0.2) is 13.4 Å². The van der Waals surface area contributed by atoms with Gasteiger partial charge in [0.25, 0.3) is 0 Å². The van der Waals surface area contributed by atoms with Gasteiger partial charge in [0.2, 0.25) is 0 Å². The molecule has 0 saturated carbocycles. The first kappa shape index (κ1) is 12.9. The molecule has 0 aliphatic rings.